The van der Waals surface area contributed by atoms with Crippen LogP contribution in [0, 0.1) is 5.82 Å². The lowest BCUT2D eigenvalue weighted by Gasteiger charge is -2.17. The van der Waals surface area contributed by atoms with Gasteiger partial charge in [0.25, 0.3) is 0 Å². The number of amides is 1. The Morgan fingerprint density at radius 1 is 1.04 bits per heavy atom. The second kappa shape index (κ2) is 9.70. The topological polar surface area (TPSA) is 38.8 Å². The summed E-state index contributed by atoms with van der Waals surface area (Å²) in [7, 11) is 1.68. The van der Waals surface area contributed by atoms with Crippen molar-refractivity contribution in [2.75, 3.05) is 20.2 Å². The first-order valence-corrected chi connectivity index (χ1v) is 8.10. The maximum Gasteiger partial charge on any atom is 0.387 e. The number of ether oxygens (including phenoxy) is 2. The molecule has 0 fully saturated rings. The summed E-state index contributed by atoms with van der Waals surface area (Å²) in [6.45, 7) is -2.15. The number of aryl methyl sites for hydroxylation is 1. The molecular formula is C19H20F3NO3. The highest BCUT2D eigenvalue weighted by Gasteiger charge is 2.10. The lowest BCUT2D eigenvalue weighted by atomic mass is 10.1. The number of likely N-dealkylation sites (N-methyl/N-ethyl adjacent to an activating group) is 1. The molecule has 2 rings (SSSR count). The molecule has 0 atom stereocenters. The summed E-state index contributed by atoms with van der Waals surface area (Å²) in [5.41, 5.74) is 0.857. The number of nitrogens with zero attached hydrogens (tertiary/aromatic N) is 1. The molecule has 140 valence electrons. The van der Waals surface area contributed by atoms with Crippen molar-refractivity contribution in [2.24, 2.45) is 0 Å². The van der Waals surface area contributed by atoms with Gasteiger partial charge in [-0.25, -0.2) is 4.39 Å². The third-order valence-electron chi connectivity index (χ3n) is 3.71. The summed E-state index contributed by atoms with van der Waals surface area (Å²) < 4.78 is 46.7. The lowest BCUT2D eigenvalue weighted by Crippen LogP contribution is -2.31. The third kappa shape index (κ3) is 6.66. The number of rotatable bonds is 9. The van der Waals surface area contributed by atoms with Crippen LogP contribution in [-0.2, 0) is 11.2 Å². The van der Waals surface area contributed by atoms with Crippen molar-refractivity contribution in [1.82, 2.24) is 4.90 Å². The highest BCUT2D eigenvalue weighted by molar-refractivity contribution is 5.76. The number of carbonyl (C=O) groups excluding carboxylic acids is 1. The van der Waals surface area contributed by atoms with Crippen LogP contribution in [0.5, 0.6) is 11.5 Å². The largest absolute Gasteiger partial charge is 0.492 e. The zero-order valence-corrected chi connectivity index (χ0v) is 14.3. The van der Waals surface area contributed by atoms with Crippen molar-refractivity contribution in [3.05, 3.63) is 59.9 Å². The van der Waals surface area contributed by atoms with Crippen LogP contribution in [0.15, 0.2) is 48.5 Å². The van der Waals surface area contributed by atoms with Crippen LogP contribution >= 0.6 is 0 Å². The molecule has 0 aliphatic carbocycles. The van der Waals surface area contributed by atoms with E-state index in [9.17, 15) is 18.0 Å². The normalized spacial score (nSPS) is 10.7. The minimum atomic E-state index is -2.85. The van der Waals surface area contributed by atoms with E-state index in [1.54, 1.807) is 24.1 Å². The van der Waals surface area contributed by atoms with Gasteiger partial charge < -0.3 is 14.4 Å². The van der Waals surface area contributed by atoms with E-state index in [1.807, 2.05) is 0 Å². The average Bonchev–Trinajstić information content (AvgIpc) is 2.62. The van der Waals surface area contributed by atoms with Gasteiger partial charge in [-0.2, -0.15) is 8.78 Å². The molecular weight excluding hydrogens is 347 g/mol. The molecule has 0 bridgehead atoms. The number of carbonyl (C=O) groups is 1. The quantitative estimate of drug-likeness (QED) is 0.675. The van der Waals surface area contributed by atoms with E-state index >= 15 is 0 Å². The van der Waals surface area contributed by atoms with E-state index < -0.39 is 6.61 Å². The van der Waals surface area contributed by atoms with Crippen molar-refractivity contribution in [3.8, 4) is 11.5 Å². The van der Waals surface area contributed by atoms with Gasteiger partial charge in [0.05, 0.1) is 6.54 Å². The number of halogens is 3. The van der Waals surface area contributed by atoms with Crippen LogP contribution in [0.25, 0.3) is 0 Å². The Balaban J connectivity index is 1.70. The molecule has 2 aromatic carbocycles. The van der Waals surface area contributed by atoms with E-state index in [0.29, 0.717) is 31.7 Å². The fourth-order valence-corrected chi connectivity index (χ4v) is 2.24. The van der Waals surface area contributed by atoms with Crippen molar-refractivity contribution in [2.45, 2.75) is 19.5 Å². The molecule has 7 heteroatoms. The molecule has 0 spiro atoms. The average molecular weight is 367 g/mol. The minimum Gasteiger partial charge on any atom is -0.492 e. The lowest BCUT2D eigenvalue weighted by molar-refractivity contribution is -0.130. The third-order valence-corrected chi connectivity index (χ3v) is 3.71. The molecule has 0 heterocycles. The van der Waals surface area contributed by atoms with Gasteiger partial charge in [-0.1, -0.05) is 12.1 Å². The van der Waals surface area contributed by atoms with Crippen LogP contribution in [0.4, 0.5) is 13.2 Å². The smallest absolute Gasteiger partial charge is 0.387 e. The predicted octanol–water partition coefficient (Wildman–Crippen LogP) is 3.90. The van der Waals surface area contributed by atoms with E-state index in [4.69, 9.17) is 4.74 Å². The van der Waals surface area contributed by atoms with Crippen LogP contribution in [0.3, 0.4) is 0 Å². The van der Waals surface area contributed by atoms with Crippen LogP contribution in [0.2, 0.25) is 0 Å². The maximum absolute atomic E-state index is 12.8. The van der Waals surface area contributed by atoms with Gasteiger partial charge in [0.15, 0.2) is 0 Å². The standard InChI is InChI=1S/C19H20F3NO3/c1-23(12-13-25-16-9-5-15(20)6-10-16)18(24)11-4-14-2-7-17(8-3-14)26-19(21)22/h2-3,5-10,19H,4,11-13H2,1H3. The Hall–Kier alpha value is -2.70. The van der Waals surface area contributed by atoms with E-state index in [2.05, 4.69) is 4.74 Å². The van der Waals surface area contributed by atoms with Crippen molar-refractivity contribution in [3.63, 3.8) is 0 Å². The molecule has 0 unspecified atom stereocenters. The van der Waals surface area contributed by atoms with Crippen LogP contribution < -0.4 is 9.47 Å². The summed E-state index contributed by atoms with van der Waals surface area (Å²) in [6.07, 6.45) is 0.791. The van der Waals surface area contributed by atoms with E-state index in [0.717, 1.165) is 5.56 Å². The minimum absolute atomic E-state index is 0.0550. The summed E-state index contributed by atoms with van der Waals surface area (Å²) in [6, 6.07) is 11.9. The molecule has 0 aliphatic heterocycles. The van der Waals surface area contributed by atoms with E-state index in [-0.39, 0.29) is 17.5 Å². The summed E-state index contributed by atoms with van der Waals surface area (Å²) >= 11 is 0. The Morgan fingerprint density at radius 3 is 2.27 bits per heavy atom. The molecule has 0 aliphatic rings. The molecule has 0 aromatic heterocycles. The first-order valence-electron chi connectivity index (χ1n) is 8.10. The second-order valence-corrected chi connectivity index (χ2v) is 5.64. The van der Waals surface area contributed by atoms with Crippen LogP contribution in [-0.4, -0.2) is 37.6 Å². The SMILES string of the molecule is CN(CCOc1ccc(F)cc1)C(=O)CCc1ccc(OC(F)F)cc1. The van der Waals surface area contributed by atoms with Crippen LogP contribution in [0.1, 0.15) is 12.0 Å². The highest BCUT2D eigenvalue weighted by Crippen LogP contribution is 2.16. The number of hydrogen-bond donors (Lipinski definition) is 0. The molecule has 0 saturated heterocycles. The zero-order valence-electron chi connectivity index (χ0n) is 14.3. The van der Waals surface area contributed by atoms with E-state index in [1.165, 1.54) is 36.4 Å². The summed E-state index contributed by atoms with van der Waals surface area (Å²) in [4.78, 5) is 13.7. The Morgan fingerprint density at radius 2 is 1.65 bits per heavy atom. The number of alkyl halides is 2. The van der Waals surface area contributed by atoms with Gasteiger partial charge in [-0.15, -0.1) is 0 Å². The first kappa shape index (κ1) is 19.6. The molecule has 0 radical (unpaired) electrons. The molecule has 1 amide bonds. The second-order valence-electron chi connectivity index (χ2n) is 5.64. The van der Waals surface area contributed by atoms with Gasteiger partial charge >= 0.3 is 6.61 Å². The monoisotopic (exact) mass is 367 g/mol. The first-order chi connectivity index (χ1) is 12.4. The molecule has 26 heavy (non-hydrogen) atoms. The van der Waals surface area contributed by atoms with Gasteiger partial charge in [-0.3, -0.25) is 4.79 Å². The van der Waals surface area contributed by atoms with Crippen molar-refractivity contribution < 1.29 is 27.4 Å². The van der Waals surface area contributed by atoms with Gasteiger partial charge in [0.1, 0.15) is 23.9 Å². The molecule has 0 saturated carbocycles. The fraction of sp³-hybridized carbons (Fsp3) is 0.316. The predicted molar refractivity (Wildman–Crippen MR) is 90.9 cm³/mol. The Labute approximate surface area is 150 Å². The summed E-state index contributed by atoms with van der Waals surface area (Å²) in [5, 5.41) is 0. The fourth-order valence-electron chi connectivity index (χ4n) is 2.24. The highest BCUT2D eigenvalue weighted by atomic mass is 19.3. The summed E-state index contributed by atoms with van der Waals surface area (Å²) in [5.74, 6) is 0.238. The maximum atomic E-state index is 12.8. The Bertz CT molecular complexity index is 690. The Kier molecular flexibility index (Phi) is 7.32. The zero-order chi connectivity index (χ0) is 18.9. The molecule has 0 N–H and O–H groups in total. The van der Waals surface area contributed by atoms with Gasteiger partial charge in [0, 0.05) is 13.5 Å². The van der Waals surface area contributed by atoms with Gasteiger partial charge in [0.2, 0.25) is 5.91 Å². The molecule has 4 nitrogen and oxygen atoms in total. The van der Waals surface area contributed by atoms with Crippen molar-refractivity contribution in [1.29, 1.82) is 0 Å². The molecule has 2 aromatic rings. The number of hydrogen-bond acceptors (Lipinski definition) is 3. The number of benzene rings is 2. The van der Waals surface area contributed by atoms with Gasteiger partial charge in [-0.05, 0) is 48.4 Å². The van der Waals surface area contributed by atoms with Crippen molar-refractivity contribution >= 4 is 5.91 Å².